The molecular weight excluding hydrogens is 420 g/mol. The van der Waals surface area contributed by atoms with Gasteiger partial charge in [-0.3, -0.25) is 9.36 Å². The second-order valence-corrected chi connectivity index (χ2v) is 11.0. The maximum atomic E-state index is 13.0. The molecule has 1 amide bonds. The highest BCUT2D eigenvalue weighted by atomic mass is 32.2. The highest BCUT2D eigenvalue weighted by molar-refractivity contribution is 7.99. The zero-order valence-corrected chi connectivity index (χ0v) is 19.0. The molecule has 9 heteroatoms. The molecule has 0 radical (unpaired) electrons. The highest BCUT2D eigenvalue weighted by Crippen LogP contribution is 2.26. The van der Waals surface area contributed by atoms with Gasteiger partial charge in [0.1, 0.15) is 0 Å². The third kappa shape index (κ3) is 5.51. The third-order valence-corrected chi connectivity index (χ3v) is 7.62. The molecule has 1 saturated heterocycles. The maximum Gasteiger partial charge on any atom is 0.233 e. The zero-order chi connectivity index (χ0) is 21.7. The van der Waals surface area contributed by atoms with E-state index in [1.165, 1.54) is 11.8 Å². The SMILES string of the molecule is C=CCn1c(SCC(=O)N(CC(C)C)C2CCS(=O)(=O)C2)nnc1-c1ccccc1. The van der Waals surface area contributed by atoms with Crippen LogP contribution in [0.1, 0.15) is 20.3 Å². The van der Waals surface area contributed by atoms with E-state index in [1.54, 1.807) is 11.0 Å². The standard InChI is InChI=1S/C21H28N4O3S2/c1-4-11-24-20(17-8-6-5-7-9-17)22-23-21(24)29-14-19(26)25(13-16(2)3)18-10-12-30(27,28)15-18/h4-9,16,18H,1,10-15H2,2-3H3. The Bertz CT molecular complexity index is 987. The number of carbonyl (C=O) groups is 1. The number of aromatic nitrogens is 3. The van der Waals surface area contributed by atoms with Crippen molar-refractivity contribution in [3.05, 3.63) is 43.0 Å². The second-order valence-electron chi connectivity index (χ2n) is 7.86. The van der Waals surface area contributed by atoms with E-state index in [9.17, 15) is 13.2 Å². The molecule has 0 bridgehead atoms. The number of hydrogen-bond acceptors (Lipinski definition) is 6. The number of rotatable bonds is 9. The topological polar surface area (TPSA) is 85.2 Å². The number of thioether (sulfide) groups is 1. The van der Waals surface area contributed by atoms with Crippen molar-refractivity contribution >= 4 is 27.5 Å². The number of carbonyl (C=O) groups excluding carboxylic acids is 1. The number of sulfone groups is 1. The van der Waals surface area contributed by atoms with E-state index in [0.717, 1.165) is 11.4 Å². The normalized spacial score (nSPS) is 17.9. The second kappa shape index (κ2) is 9.78. The number of benzene rings is 1. The Morgan fingerprint density at radius 3 is 2.67 bits per heavy atom. The van der Waals surface area contributed by atoms with Crippen molar-refractivity contribution in [2.24, 2.45) is 5.92 Å². The van der Waals surface area contributed by atoms with Crippen LogP contribution in [0.25, 0.3) is 11.4 Å². The van der Waals surface area contributed by atoms with Gasteiger partial charge in [-0.25, -0.2) is 8.42 Å². The predicted octanol–water partition coefficient (Wildman–Crippen LogP) is 2.89. The van der Waals surface area contributed by atoms with E-state index in [0.29, 0.717) is 24.7 Å². The summed E-state index contributed by atoms with van der Waals surface area (Å²) in [5.74, 6) is 1.32. The van der Waals surface area contributed by atoms with E-state index in [1.807, 2.05) is 48.7 Å². The molecule has 7 nitrogen and oxygen atoms in total. The molecule has 2 aromatic rings. The summed E-state index contributed by atoms with van der Waals surface area (Å²) >= 11 is 1.33. The molecule has 1 aromatic heterocycles. The van der Waals surface area contributed by atoms with Crippen LogP contribution in [0.4, 0.5) is 0 Å². The van der Waals surface area contributed by atoms with Gasteiger partial charge < -0.3 is 4.90 Å². The largest absolute Gasteiger partial charge is 0.338 e. The van der Waals surface area contributed by atoms with Gasteiger partial charge in [0.05, 0.1) is 17.3 Å². The van der Waals surface area contributed by atoms with Crippen LogP contribution < -0.4 is 0 Å². The Labute approximate surface area is 182 Å². The van der Waals surface area contributed by atoms with Crippen LogP contribution in [0.2, 0.25) is 0 Å². The van der Waals surface area contributed by atoms with Gasteiger partial charge in [-0.2, -0.15) is 0 Å². The van der Waals surface area contributed by atoms with Gasteiger partial charge in [0, 0.05) is 24.7 Å². The van der Waals surface area contributed by atoms with Crippen LogP contribution in [0.5, 0.6) is 0 Å². The molecule has 1 atom stereocenters. The first-order chi connectivity index (χ1) is 14.3. The van der Waals surface area contributed by atoms with Gasteiger partial charge >= 0.3 is 0 Å². The Morgan fingerprint density at radius 1 is 1.33 bits per heavy atom. The van der Waals surface area contributed by atoms with E-state index >= 15 is 0 Å². The van der Waals surface area contributed by atoms with Crippen molar-refractivity contribution in [2.45, 2.75) is 38.0 Å². The van der Waals surface area contributed by atoms with Gasteiger partial charge in [0.2, 0.25) is 5.91 Å². The first-order valence-corrected chi connectivity index (χ1v) is 12.8. The monoisotopic (exact) mass is 448 g/mol. The minimum absolute atomic E-state index is 0.0565. The fraction of sp³-hybridized carbons (Fsp3) is 0.476. The molecule has 0 N–H and O–H groups in total. The van der Waals surface area contributed by atoms with Gasteiger partial charge in [-0.1, -0.05) is 62.0 Å². The summed E-state index contributed by atoms with van der Waals surface area (Å²) in [5.41, 5.74) is 0.947. The summed E-state index contributed by atoms with van der Waals surface area (Å²) < 4.78 is 25.8. The number of nitrogens with zero attached hydrogens (tertiary/aromatic N) is 4. The quantitative estimate of drug-likeness (QED) is 0.433. The Morgan fingerprint density at radius 2 is 2.07 bits per heavy atom. The summed E-state index contributed by atoms with van der Waals surface area (Å²) in [6, 6.07) is 9.52. The molecule has 2 heterocycles. The molecule has 1 fully saturated rings. The summed E-state index contributed by atoms with van der Waals surface area (Å²) in [7, 11) is -3.06. The van der Waals surface area contributed by atoms with E-state index in [2.05, 4.69) is 16.8 Å². The summed E-state index contributed by atoms with van der Waals surface area (Å²) in [5, 5.41) is 9.24. The van der Waals surface area contributed by atoms with Gasteiger partial charge in [-0.15, -0.1) is 16.8 Å². The lowest BCUT2D eigenvalue weighted by Crippen LogP contribution is -2.44. The molecule has 0 saturated carbocycles. The van der Waals surface area contributed by atoms with E-state index in [4.69, 9.17) is 0 Å². The predicted molar refractivity (Wildman–Crippen MR) is 120 cm³/mol. The molecular formula is C21H28N4O3S2. The Balaban J connectivity index is 1.75. The Hall–Kier alpha value is -2.13. The van der Waals surface area contributed by atoms with Crippen molar-refractivity contribution in [2.75, 3.05) is 23.8 Å². The number of amides is 1. The van der Waals surface area contributed by atoms with Crippen molar-refractivity contribution < 1.29 is 13.2 Å². The minimum atomic E-state index is -3.06. The van der Waals surface area contributed by atoms with Crippen molar-refractivity contribution in [3.63, 3.8) is 0 Å². The summed E-state index contributed by atoms with van der Waals surface area (Å²) in [6.45, 7) is 8.96. The van der Waals surface area contributed by atoms with Crippen molar-refractivity contribution in [1.29, 1.82) is 0 Å². The first kappa shape index (κ1) is 22.6. The number of hydrogen-bond donors (Lipinski definition) is 0. The molecule has 1 aliphatic rings. The van der Waals surface area contributed by atoms with Gasteiger partial charge in [0.15, 0.2) is 20.8 Å². The van der Waals surface area contributed by atoms with Crippen molar-refractivity contribution in [1.82, 2.24) is 19.7 Å². The molecule has 30 heavy (non-hydrogen) atoms. The van der Waals surface area contributed by atoms with Crippen LogP contribution >= 0.6 is 11.8 Å². The molecule has 0 aliphatic carbocycles. The van der Waals surface area contributed by atoms with Crippen molar-refractivity contribution in [3.8, 4) is 11.4 Å². The molecule has 1 aliphatic heterocycles. The average molecular weight is 449 g/mol. The molecule has 1 unspecified atom stereocenters. The van der Waals surface area contributed by atoms with Gasteiger partial charge in [-0.05, 0) is 12.3 Å². The smallest absolute Gasteiger partial charge is 0.233 e. The summed E-state index contributed by atoms with van der Waals surface area (Å²) in [4.78, 5) is 14.8. The summed E-state index contributed by atoms with van der Waals surface area (Å²) in [6.07, 6.45) is 2.28. The van der Waals surface area contributed by atoms with Crippen LogP contribution in [0.3, 0.4) is 0 Å². The third-order valence-electron chi connectivity index (χ3n) is 4.92. The molecule has 1 aromatic carbocycles. The maximum absolute atomic E-state index is 13.0. The van der Waals surface area contributed by atoms with Crippen LogP contribution in [0, 0.1) is 5.92 Å². The van der Waals surface area contributed by atoms with Gasteiger partial charge in [0.25, 0.3) is 0 Å². The lowest BCUT2D eigenvalue weighted by Gasteiger charge is -2.29. The fourth-order valence-electron chi connectivity index (χ4n) is 3.57. The average Bonchev–Trinajstić information content (AvgIpc) is 3.28. The Kier molecular flexibility index (Phi) is 7.36. The zero-order valence-electron chi connectivity index (χ0n) is 17.4. The van der Waals surface area contributed by atoms with Crippen LogP contribution in [0.15, 0.2) is 48.1 Å². The first-order valence-electron chi connectivity index (χ1n) is 10.0. The highest BCUT2D eigenvalue weighted by Gasteiger charge is 2.35. The molecule has 3 rings (SSSR count). The van der Waals surface area contributed by atoms with Crippen LogP contribution in [-0.2, 0) is 21.2 Å². The van der Waals surface area contributed by atoms with Crippen LogP contribution in [-0.4, -0.2) is 63.8 Å². The molecule has 162 valence electrons. The minimum Gasteiger partial charge on any atom is -0.338 e. The van der Waals surface area contributed by atoms with E-state index in [-0.39, 0.29) is 35.1 Å². The lowest BCUT2D eigenvalue weighted by atomic mass is 10.1. The fourth-order valence-corrected chi connectivity index (χ4v) is 6.13. The number of allylic oxidation sites excluding steroid dienone is 1. The molecule has 0 spiro atoms. The lowest BCUT2D eigenvalue weighted by molar-refractivity contribution is -0.130. The van der Waals surface area contributed by atoms with E-state index < -0.39 is 9.84 Å².